The molecule has 1 aliphatic rings. The monoisotopic (exact) mass is 311 g/mol. The first kappa shape index (κ1) is 15.6. The fourth-order valence-corrected chi connectivity index (χ4v) is 2.45. The first-order chi connectivity index (χ1) is 10.1. The molecule has 1 aromatic rings. The van der Waals surface area contributed by atoms with Crippen LogP contribution in [0.15, 0.2) is 30.5 Å². The third-order valence-corrected chi connectivity index (χ3v) is 3.58. The summed E-state index contributed by atoms with van der Waals surface area (Å²) >= 11 is 6.04. The van der Waals surface area contributed by atoms with Gasteiger partial charge in [-0.15, -0.1) is 10.1 Å². The maximum atomic E-state index is 10.0. The zero-order valence-corrected chi connectivity index (χ0v) is 12.5. The SMILES string of the molecule is CN1C=CC(NCCCCO[N+](=O)[O-])c2ccc(Cl)cc21. The predicted octanol–water partition coefficient (Wildman–Crippen LogP) is 2.92. The Morgan fingerprint density at radius 2 is 2.29 bits per heavy atom. The van der Waals surface area contributed by atoms with E-state index >= 15 is 0 Å². The van der Waals surface area contributed by atoms with Crippen LogP contribution < -0.4 is 10.2 Å². The molecule has 1 aromatic carbocycles. The number of hydrogen-bond acceptors (Lipinski definition) is 5. The standard InChI is InChI=1S/C14H18ClN3O3/c1-17-8-6-13(12-5-4-11(15)10-14(12)17)16-7-2-3-9-21-18(19)20/h4-6,8,10,13,16H,2-3,7,9H2,1H3. The number of benzene rings is 1. The number of rotatable bonds is 7. The Balaban J connectivity index is 1.85. The molecular weight excluding hydrogens is 294 g/mol. The number of hydrogen-bond donors (Lipinski definition) is 1. The molecule has 6 nitrogen and oxygen atoms in total. The lowest BCUT2D eigenvalue weighted by Gasteiger charge is -2.28. The van der Waals surface area contributed by atoms with Crippen LogP contribution in [-0.4, -0.2) is 25.3 Å². The number of anilines is 1. The Morgan fingerprint density at radius 1 is 1.48 bits per heavy atom. The van der Waals surface area contributed by atoms with Gasteiger partial charge in [-0.2, -0.15) is 0 Å². The minimum absolute atomic E-state index is 0.130. The van der Waals surface area contributed by atoms with Gasteiger partial charge in [0.05, 0.1) is 12.6 Å². The molecule has 1 aliphatic heterocycles. The van der Waals surface area contributed by atoms with E-state index in [-0.39, 0.29) is 12.6 Å². The van der Waals surface area contributed by atoms with Crippen LogP contribution in [0.25, 0.3) is 0 Å². The lowest BCUT2D eigenvalue weighted by Crippen LogP contribution is -2.27. The van der Waals surface area contributed by atoms with Crippen LogP contribution in [0.5, 0.6) is 0 Å². The highest BCUT2D eigenvalue weighted by atomic mass is 35.5. The second-order valence-corrected chi connectivity index (χ2v) is 5.29. The van der Waals surface area contributed by atoms with Gasteiger partial charge in [-0.3, -0.25) is 0 Å². The van der Waals surface area contributed by atoms with Crippen molar-refractivity contribution in [1.82, 2.24) is 5.32 Å². The van der Waals surface area contributed by atoms with E-state index in [1.807, 2.05) is 36.3 Å². The van der Waals surface area contributed by atoms with Crippen molar-refractivity contribution < 1.29 is 9.92 Å². The van der Waals surface area contributed by atoms with Gasteiger partial charge in [0.15, 0.2) is 0 Å². The Kier molecular flexibility index (Phi) is 5.41. The summed E-state index contributed by atoms with van der Waals surface area (Å²) in [6.45, 7) is 0.909. The molecule has 1 N–H and O–H groups in total. The topological polar surface area (TPSA) is 67.6 Å². The van der Waals surface area contributed by atoms with Crippen LogP contribution in [0, 0.1) is 10.1 Å². The Bertz CT molecular complexity index is 536. The fourth-order valence-electron chi connectivity index (χ4n) is 2.29. The van der Waals surface area contributed by atoms with E-state index in [1.54, 1.807) is 0 Å². The first-order valence-corrected chi connectivity index (χ1v) is 7.17. The normalized spacial score (nSPS) is 16.7. The van der Waals surface area contributed by atoms with Crippen LogP contribution in [-0.2, 0) is 4.84 Å². The summed E-state index contributed by atoms with van der Waals surface area (Å²) in [5.74, 6) is 0. The maximum Gasteiger partial charge on any atom is 0.294 e. The minimum Gasteiger partial charge on any atom is -0.351 e. The molecule has 7 heteroatoms. The summed E-state index contributed by atoms with van der Waals surface area (Å²) < 4.78 is 0. The molecule has 0 bridgehead atoms. The summed E-state index contributed by atoms with van der Waals surface area (Å²) in [5, 5.41) is 13.4. The molecule has 0 spiro atoms. The summed E-state index contributed by atoms with van der Waals surface area (Å²) in [4.78, 5) is 16.3. The second-order valence-electron chi connectivity index (χ2n) is 4.85. The quantitative estimate of drug-likeness (QED) is 0.476. The summed E-state index contributed by atoms with van der Waals surface area (Å²) in [5.41, 5.74) is 2.25. The minimum atomic E-state index is -0.757. The molecular formula is C14H18ClN3O3. The molecule has 21 heavy (non-hydrogen) atoms. The number of halogens is 1. The molecule has 114 valence electrons. The van der Waals surface area contributed by atoms with Crippen molar-refractivity contribution in [3.8, 4) is 0 Å². The van der Waals surface area contributed by atoms with Gasteiger partial charge >= 0.3 is 0 Å². The van der Waals surface area contributed by atoms with Crippen molar-refractivity contribution in [2.24, 2.45) is 0 Å². The highest BCUT2D eigenvalue weighted by Crippen LogP contribution is 2.33. The molecule has 2 rings (SSSR count). The third-order valence-electron chi connectivity index (χ3n) is 3.34. The van der Waals surface area contributed by atoms with Gasteiger partial charge in [0.25, 0.3) is 5.09 Å². The lowest BCUT2D eigenvalue weighted by atomic mass is 10.0. The molecule has 0 saturated carbocycles. The highest BCUT2D eigenvalue weighted by molar-refractivity contribution is 6.30. The Morgan fingerprint density at radius 3 is 3.05 bits per heavy atom. The molecule has 1 heterocycles. The van der Waals surface area contributed by atoms with Crippen LogP contribution >= 0.6 is 11.6 Å². The van der Waals surface area contributed by atoms with Gasteiger partial charge < -0.3 is 15.1 Å². The molecule has 0 amide bonds. The molecule has 0 aromatic heterocycles. The number of nitrogens with zero attached hydrogens (tertiary/aromatic N) is 2. The summed E-state index contributed by atoms with van der Waals surface area (Å²) in [6.07, 6.45) is 5.56. The van der Waals surface area contributed by atoms with Gasteiger partial charge in [-0.1, -0.05) is 17.7 Å². The van der Waals surface area contributed by atoms with E-state index < -0.39 is 5.09 Å². The maximum absolute atomic E-state index is 10.0. The van der Waals surface area contributed by atoms with E-state index in [2.05, 4.69) is 16.2 Å². The van der Waals surface area contributed by atoms with E-state index in [4.69, 9.17) is 11.6 Å². The van der Waals surface area contributed by atoms with Gasteiger partial charge in [-0.05, 0) is 43.2 Å². The van der Waals surface area contributed by atoms with Crippen molar-refractivity contribution in [2.45, 2.75) is 18.9 Å². The smallest absolute Gasteiger partial charge is 0.294 e. The zero-order chi connectivity index (χ0) is 15.2. The predicted molar refractivity (Wildman–Crippen MR) is 81.9 cm³/mol. The van der Waals surface area contributed by atoms with E-state index in [9.17, 15) is 10.1 Å². The average Bonchev–Trinajstić information content (AvgIpc) is 2.45. The number of fused-ring (bicyclic) bond motifs is 1. The molecule has 0 fully saturated rings. The fraction of sp³-hybridized carbons (Fsp3) is 0.429. The number of unbranched alkanes of at least 4 members (excludes halogenated alkanes) is 1. The van der Waals surface area contributed by atoms with Gasteiger partial charge in [0, 0.05) is 24.0 Å². The molecule has 1 atom stereocenters. The van der Waals surface area contributed by atoms with Crippen LogP contribution in [0.3, 0.4) is 0 Å². The van der Waals surface area contributed by atoms with Crippen molar-refractivity contribution in [1.29, 1.82) is 0 Å². The van der Waals surface area contributed by atoms with Crippen LogP contribution in [0.4, 0.5) is 5.69 Å². The average molecular weight is 312 g/mol. The van der Waals surface area contributed by atoms with Crippen LogP contribution in [0.2, 0.25) is 5.02 Å². The second kappa shape index (κ2) is 7.28. The summed E-state index contributed by atoms with van der Waals surface area (Å²) in [7, 11) is 1.98. The van der Waals surface area contributed by atoms with Gasteiger partial charge in [-0.25, -0.2) is 0 Å². The van der Waals surface area contributed by atoms with Crippen molar-refractivity contribution in [3.05, 3.63) is 51.2 Å². The lowest BCUT2D eigenvalue weighted by molar-refractivity contribution is -0.757. The van der Waals surface area contributed by atoms with Crippen molar-refractivity contribution >= 4 is 17.3 Å². The Labute approximate surface area is 128 Å². The van der Waals surface area contributed by atoms with Crippen LogP contribution in [0.1, 0.15) is 24.4 Å². The van der Waals surface area contributed by atoms with E-state index in [0.29, 0.717) is 11.4 Å². The third kappa shape index (κ3) is 4.34. The van der Waals surface area contributed by atoms with Crippen molar-refractivity contribution in [3.63, 3.8) is 0 Å². The molecule has 0 radical (unpaired) electrons. The zero-order valence-electron chi connectivity index (χ0n) is 11.8. The number of nitrogens with one attached hydrogen (secondary N) is 1. The highest BCUT2D eigenvalue weighted by Gasteiger charge is 2.18. The van der Waals surface area contributed by atoms with E-state index in [1.165, 1.54) is 5.56 Å². The molecule has 1 unspecified atom stereocenters. The largest absolute Gasteiger partial charge is 0.351 e. The van der Waals surface area contributed by atoms with Gasteiger partial charge in [0.2, 0.25) is 0 Å². The molecule has 0 aliphatic carbocycles. The summed E-state index contributed by atoms with van der Waals surface area (Å²) in [6, 6.07) is 5.97. The van der Waals surface area contributed by atoms with Gasteiger partial charge in [0.1, 0.15) is 0 Å². The van der Waals surface area contributed by atoms with E-state index in [0.717, 1.165) is 18.7 Å². The molecule has 0 saturated heterocycles. The van der Waals surface area contributed by atoms with Crippen molar-refractivity contribution in [2.75, 3.05) is 25.1 Å². The first-order valence-electron chi connectivity index (χ1n) is 6.79. The Hall–Kier alpha value is -1.79.